The highest BCUT2D eigenvalue weighted by molar-refractivity contribution is 5.49. The van der Waals surface area contributed by atoms with Crippen LogP contribution in [0.3, 0.4) is 0 Å². The van der Waals surface area contributed by atoms with Crippen LogP contribution < -0.4 is 10.5 Å². The summed E-state index contributed by atoms with van der Waals surface area (Å²) in [6, 6.07) is 12.5. The van der Waals surface area contributed by atoms with E-state index in [2.05, 4.69) is 50.2 Å². The van der Waals surface area contributed by atoms with Crippen LogP contribution in [0.4, 0.5) is 0 Å². The summed E-state index contributed by atoms with van der Waals surface area (Å²) in [6.45, 7) is 5.06. The molecule has 2 heteroatoms. The van der Waals surface area contributed by atoms with E-state index in [1.807, 2.05) is 0 Å². The molecule has 1 aliphatic rings. The van der Waals surface area contributed by atoms with Crippen LogP contribution in [0.25, 0.3) is 0 Å². The fourth-order valence-corrected chi connectivity index (χ4v) is 2.94. The second-order valence-electron chi connectivity index (χ2n) is 5.55. The van der Waals surface area contributed by atoms with Crippen molar-refractivity contribution in [1.29, 1.82) is 0 Å². The van der Waals surface area contributed by atoms with Crippen molar-refractivity contribution >= 4 is 0 Å². The largest absolute Gasteiger partial charge is 0.493 e. The first-order valence-electron chi connectivity index (χ1n) is 7.25. The zero-order valence-electron chi connectivity index (χ0n) is 12.1. The summed E-state index contributed by atoms with van der Waals surface area (Å²) in [6.07, 6.45) is 2.18. The fraction of sp³-hybridized carbons (Fsp3) is 0.333. The molecule has 1 atom stereocenters. The minimum absolute atomic E-state index is 0.122. The molecule has 2 nitrogen and oxygen atoms in total. The zero-order chi connectivity index (χ0) is 14.1. The van der Waals surface area contributed by atoms with Gasteiger partial charge in [-0.2, -0.15) is 0 Å². The van der Waals surface area contributed by atoms with E-state index >= 15 is 0 Å². The van der Waals surface area contributed by atoms with Gasteiger partial charge in [-0.25, -0.2) is 0 Å². The third kappa shape index (κ3) is 2.20. The second kappa shape index (κ2) is 5.29. The summed E-state index contributed by atoms with van der Waals surface area (Å²) in [7, 11) is 0. The molecular formula is C18H21NO. The highest BCUT2D eigenvalue weighted by atomic mass is 16.5. The molecule has 1 aliphatic heterocycles. The maximum absolute atomic E-state index is 6.53. The predicted octanol–water partition coefficient (Wildman–Crippen LogP) is 3.68. The molecule has 0 radical (unpaired) electrons. The zero-order valence-corrected chi connectivity index (χ0v) is 12.1. The number of benzene rings is 2. The number of fused-ring (bicyclic) bond motifs is 1. The van der Waals surface area contributed by atoms with Gasteiger partial charge in [0, 0.05) is 5.56 Å². The highest BCUT2D eigenvalue weighted by Crippen LogP contribution is 2.35. The summed E-state index contributed by atoms with van der Waals surface area (Å²) < 4.78 is 5.89. The number of nitrogens with two attached hydrogens (primary N) is 1. The minimum atomic E-state index is -0.122. The third-order valence-corrected chi connectivity index (χ3v) is 4.28. The Kier molecular flexibility index (Phi) is 3.49. The van der Waals surface area contributed by atoms with Crippen LogP contribution in [-0.2, 0) is 6.42 Å². The Balaban J connectivity index is 2.07. The van der Waals surface area contributed by atoms with Crippen molar-refractivity contribution in [3.8, 4) is 5.75 Å². The molecule has 2 aromatic carbocycles. The van der Waals surface area contributed by atoms with Crippen molar-refractivity contribution < 1.29 is 4.74 Å². The Labute approximate surface area is 120 Å². The van der Waals surface area contributed by atoms with E-state index in [4.69, 9.17) is 10.5 Å². The van der Waals surface area contributed by atoms with Crippen molar-refractivity contribution in [3.05, 3.63) is 64.2 Å². The van der Waals surface area contributed by atoms with E-state index in [1.54, 1.807) is 0 Å². The smallest absolute Gasteiger partial charge is 0.127 e. The first-order valence-corrected chi connectivity index (χ1v) is 7.25. The first-order chi connectivity index (χ1) is 9.68. The normalized spacial score (nSPS) is 15.3. The minimum Gasteiger partial charge on any atom is -0.493 e. The van der Waals surface area contributed by atoms with E-state index in [0.717, 1.165) is 30.8 Å². The number of para-hydroxylation sites is 1. The maximum atomic E-state index is 6.53. The molecule has 3 rings (SSSR count). The van der Waals surface area contributed by atoms with Gasteiger partial charge < -0.3 is 10.5 Å². The lowest BCUT2D eigenvalue weighted by Gasteiger charge is -2.24. The third-order valence-electron chi connectivity index (χ3n) is 4.28. The molecule has 20 heavy (non-hydrogen) atoms. The lowest BCUT2D eigenvalue weighted by Crippen LogP contribution is -2.18. The molecule has 0 saturated carbocycles. The number of aryl methyl sites for hydroxylation is 2. The summed E-state index contributed by atoms with van der Waals surface area (Å²) in [5.74, 6) is 1.01. The number of ether oxygens (including phenoxy) is 1. The number of rotatable bonds is 2. The Morgan fingerprint density at radius 3 is 2.65 bits per heavy atom. The molecular weight excluding hydrogens is 246 g/mol. The van der Waals surface area contributed by atoms with Crippen molar-refractivity contribution in [2.24, 2.45) is 5.73 Å². The van der Waals surface area contributed by atoms with Gasteiger partial charge in [-0.15, -0.1) is 0 Å². The molecule has 0 aliphatic carbocycles. The van der Waals surface area contributed by atoms with E-state index in [-0.39, 0.29) is 6.04 Å². The molecule has 2 N–H and O–H groups in total. The van der Waals surface area contributed by atoms with Crippen LogP contribution >= 0.6 is 0 Å². The average molecular weight is 267 g/mol. The Bertz CT molecular complexity index is 633. The van der Waals surface area contributed by atoms with Gasteiger partial charge in [-0.1, -0.05) is 36.4 Å². The molecule has 0 fully saturated rings. The lowest BCUT2D eigenvalue weighted by atomic mass is 9.90. The van der Waals surface area contributed by atoms with Gasteiger partial charge in [-0.05, 0) is 48.9 Å². The molecule has 1 unspecified atom stereocenters. The monoisotopic (exact) mass is 267 g/mol. The van der Waals surface area contributed by atoms with Crippen LogP contribution in [-0.4, -0.2) is 6.61 Å². The van der Waals surface area contributed by atoms with Crippen LogP contribution in [0.15, 0.2) is 36.4 Å². The van der Waals surface area contributed by atoms with Gasteiger partial charge in [0.1, 0.15) is 5.75 Å². The SMILES string of the molecule is Cc1cccc(C(N)c2cccc3c2OCCC3)c1C. The maximum Gasteiger partial charge on any atom is 0.127 e. The molecule has 2 aromatic rings. The topological polar surface area (TPSA) is 35.2 Å². The van der Waals surface area contributed by atoms with E-state index in [0.29, 0.717) is 0 Å². The van der Waals surface area contributed by atoms with E-state index < -0.39 is 0 Å². The van der Waals surface area contributed by atoms with Crippen molar-refractivity contribution in [2.45, 2.75) is 32.7 Å². The van der Waals surface area contributed by atoms with Crippen molar-refractivity contribution in [3.63, 3.8) is 0 Å². The predicted molar refractivity (Wildman–Crippen MR) is 82.2 cm³/mol. The second-order valence-corrected chi connectivity index (χ2v) is 5.55. The average Bonchev–Trinajstić information content (AvgIpc) is 2.49. The highest BCUT2D eigenvalue weighted by Gasteiger charge is 2.20. The molecule has 0 bridgehead atoms. The van der Waals surface area contributed by atoms with Gasteiger partial charge in [0.25, 0.3) is 0 Å². The van der Waals surface area contributed by atoms with Crippen LogP contribution in [0.2, 0.25) is 0 Å². The van der Waals surface area contributed by atoms with Gasteiger partial charge in [0.15, 0.2) is 0 Å². The summed E-state index contributed by atoms with van der Waals surface area (Å²) in [5, 5.41) is 0. The number of hydrogen-bond donors (Lipinski definition) is 1. The van der Waals surface area contributed by atoms with Crippen molar-refractivity contribution in [2.75, 3.05) is 6.61 Å². The van der Waals surface area contributed by atoms with Gasteiger partial charge in [-0.3, -0.25) is 0 Å². The standard InChI is InChI=1S/C18H21NO/c1-12-6-3-9-15(13(12)2)17(19)16-10-4-7-14-8-5-11-20-18(14)16/h3-4,6-7,9-10,17H,5,8,11,19H2,1-2H3. The summed E-state index contributed by atoms with van der Waals surface area (Å²) in [5.41, 5.74) is 12.7. The van der Waals surface area contributed by atoms with Crippen molar-refractivity contribution in [1.82, 2.24) is 0 Å². The fourth-order valence-electron chi connectivity index (χ4n) is 2.94. The Hall–Kier alpha value is -1.80. The number of hydrogen-bond acceptors (Lipinski definition) is 2. The van der Waals surface area contributed by atoms with Gasteiger partial charge in [0.05, 0.1) is 12.6 Å². The Morgan fingerprint density at radius 2 is 1.80 bits per heavy atom. The van der Waals surface area contributed by atoms with E-state index in [9.17, 15) is 0 Å². The van der Waals surface area contributed by atoms with Crippen LogP contribution in [0, 0.1) is 13.8 Å². The quantitative estimate of drug-likeness (QED) is 0.901. The van der Waals surface area contributed by atoms with Crippen LogP contribution in [0.5, 0.6) is 5.75 Å². The van der Waals surface area contributed by atoms with E-state index in [1.165, 1.54) is 22.3 Å². The summed E-state index contributed by atoms with van der Waals surface area (Å²) >= 11 is 0. The molecule has 1 heterocycles. The molecule has 0 saturated heterocycles. The molecule has 0 aromatic heterocycles. The molecule has 104 valence electrons. The van der Waals surface area contributed by atoms with Gasteiger partial charge in [0.2, 0.25) is 0 Å². The summed E-state index contributed by atoms with van der Waals surface area (Å²) in [4.78, 5) is 0. The Morgan fingerprint density at radius 1 is 1.05 bits per heavy atom. The van der Waals surface area contributed by atoms with Crippen LogP contribution in [0.1, 0.15) is 40.3 Å². The molecule has 0 spiro atoms. The first kappa shape index (κ1) is 13.2. The lowest BCUT2D eigenvalue weighted by molar-refractivity contribution is 0.284. The van der Waals surface area contributed by atoms with Gasteiger partial charge >= 0.3 is 0 Å². The molecule has 0 amide bonds.